The van der Waals surface area contributed by atoms with Crippen molar-refractivity contribution >= 4 is 28.8 Å². The maximum Gasteiger partial charge on any atom is 0.201 e. The molecule has 2 aromatic rings. The van der Waals surface area contributed by atoms with Gasteiger partial charge in [0.15, 0.2) is 11.6 Å². The highest BCUT2D eigenvalue weighted by molar-refractivity contribution is 7.80. The summed E-state index contributed by atoms with van der Waals surface area (Å²) >= 11 is 10.7. The largest absolute Gasteiger partial charge is 0.453 e. The summed E-state index contributed by atoms with van der Waals surface area (Å²) in [5.74, 6) is -2.11. The van der Waals surface area contributed by atoms with Crippen molar-refractivity contribution in [2.24, 2.45) is 5.73 Å². The zero-order chi connectivity index (χ0) is 14.0. The van der Waals surface area contributed by atoms with Gasteiger partial charge in [-0.2, -0.15) is 4.39 Å². The van der Waals surface area contributed by atoms with Crippen molar-refractivity contribution < 1.29 is 13.5 Å². The Morgan fingerprint density at radius 2 is 1.89 bits per heavy atom. The lowest BCUT2D eigenvalue weighted by Gasteiger charge is -2.11. The summed E-state index contributed by atoms with van der Waals surface area (Å²) in [5, 5.41) is 0.412. The first kappa shape index (κ1) is 13.7. The van der Waals surface area contributed by atoms with E-state index >= 15 is 0 Å². The minimum atomic E-state index is -1.08. The van der Waals surface area contributed by atoms with E-state index < -0.39 is 11.6 Å². The van der Waals surface area contributed by atoms with Crippen LogP contribution in [0, 0.1) is 11.6 Å². The van der Waals surface area contributed by atoms with Crippen molar-refractivity contribution in [1.29, 1.82) is 0 Å². The molecule has 0 aliphatic heterocycles. The molecular weight excluding hydrogens is 292 g/mol. The van der Waals surface area contributed by atoms with E-state index in [4.69, 9.17) is 34.3 Å². The van der Waals surface area contributed by atoms with Crippen LogP contribution in [0.4, 0.5) is 8.78 Å². The van der Waals surface area contributed by atoms with Gasteiger partial charge < -0.3 is 10.5 Å². The third-order valence-corrected chi connectivity index (χ3v) is 2.80. The van der Waals surface area contributed by atoms with Crippen molar-refractivity contribution in [2.75, 3.05) is 0 Å². The summed E-state index contributed by atoms with van der Waals surface area (Å²) < 4.78 is 31.9. The Morgan fingerprint density at radius 1 is 1.16 bits per heavy atom. The summed E-state index contributed by atoms with van der Waals surface area (Å²) in [6, 6.07) is 8.16. The molecule has 2 nitrogen and oxygen atoms in total. The van der Waals surface area contributed by atoms with Crippen LogP contribution in [0.5, 0.6) is 11.5 Å². The predicted molar refractivity (Wildman–Crippen MR) is 73.8 cm³/mol. The second-order valence-electron chi connectivity index (χ2n) is 3.66. The molecule has 0 saturated carbocycles. The van der Waals surface area contributed by atoms with E-state index in [0.717, 1.165) is 6.07 Å². The van der Waals surface area contributed by atoms with Crippen LogP contribution in [-0.4, -0.2) is 4.99 Å². The van der Waals surface area contributed by atoms with E-state index in [9.17, 15) is 8.78 Å². The van der Waals surface area contributed by atoms with Gasteiger partial charge >= 0.3 is 0 Å². The van der Waals surface area contributed by atoms with Crippen molar-refractivity contribution in [1.82, 2.24) is 0 Å². The summed E-state index contributed by atoms with van der Waals surface area (Å²) in [5.41, 5.74) is 5.88. The molecule has 19 heavy (non-hydrogen) atoms. The molecule has 0 radical (unpaired) electrons. The van der Waals surface area contributed by atoms with Crippen LogP contribution in [0.25, 0.3) is 0 Å². The molecule has 0 aliphatic rings. The smallest absolute Gasteiger partial charge is 0.201 e. The second kappa shape index (κ2) is 5.50. The molecule has 0 bridgehead atoms. The van der Waals surface area contributed by atoms with Gasteiger partial charge in [0.25, 0.3) is 0 Å². The highest BCUT2D eigenvalue weighted by Gasteiger charge is 2.13. The fourth-order valence-corrected chi connectivity index (χ4v) is 1.80. The molecule has 0 spiro atoms. The molecule has 0 atom stereocenters. The maximum atomic E-state index is 13.5. The summed E-state index contributed by atoms with van der Waals surface area (Å²) in [6.45, 7) is 0. The van der Waals surface area contributed by atoms with E-state index in [1.807, 2.05) is 0 Å². The normalized spacial score (nSPS) is 10.3. The molecule has 2 N–H and O–H groups in total. The van der Waals surface area contributed by atoms with E-state index in [2.05, 4.69) is 0 Å². The first-order chi connectivity index (χ1) is 8.99. The van der Waals surface area contributed by atoms with Gasteiger partial charge in [0.05, 0.1) is 5.56 Å². The van der Waals surface area contributed by atoms with Crippen molar-refractivity contribution in [2.45, 2.75) is 0 Å². The van der Waals surface area contributed by atoms with Crippen molar-refractivity contribution in [3.63, 3.8) is 0 Å². The lowest BCUT2D eigenvalue weighted by atomic mass is 10.2. The average molecular weight is 300 g/mol. The Morgan fingerprint density at radius 3 is 2.58 bits per heavy atom. The first-order valence-corrected chi connectivity index (χ1v) is 5.99. The minimum Gasteiger partial charge on any atom is -0.453 e. The van der Waals surface area contributed by atoms with E-state index in [-0.39, 0.29) is 16.5 Å². The van der Waals surface area contributed by atoms with Crippen molar-refractivity contribution in [3.05, 3.63) is 58.6 Å². The van der Waals surface area contributed by atoms with E-state index in [0.29, 0.717) is 10.6 Å². The number of rotatable bonds is 3. The van der Waals surface area contributed by atoms with Crippen LogP contribution in [-0.2, 0) is 0 Å². The number of nitrogens with two attached hydrogens (primary N) is 1. The van der Waals surface area contributed by atoms with Crippen LogP contribution in [0.15, 0.2) is 36.4 Å². The molecular formula is C13H8ClF2NOS. The minimum absolute atomic E-state index is 0.0503. The molecule has 0 heterocycles. The monoisotopic (exact) mass is 299 g/mol. The summed E-state index contributed by atoms with van der Waals surface area (Å²) in [4.78, 5) is 0.0503. The fraction of sp³-hybridized carbons (Fsp3) is 0. The van der Waals surface area contributed by atoms with Gasteiger partial charge in [-0.3, -0.25) is 0 Å². The van der Waals surface area contributed by atoms with Gasteiger partial charge in [-0.05, 0) is 30.3 Å². The fourth-order valence-electron chi connectivity index (χ4n) is 1.47. The molecule has 2 aromatic carbocycles. The lowest BCUT2D eigenvalue weighted by molar-refractivity contribution is 0.415. The molecule has 0 unspecified atom stereocenters. The molecule has 0 saturated heterocycles. The maximum absolute atomic E-state index is 13.5. The standard InChI is InChI=1S/C13H8ClF2NOS/c14-7-4-5-10(8(6-7)13(17)19)18-11-3-1-2-9(15)12(11)16/h1-6H,(H2,17,19). The quantitative estimate of drug-likeness (QED) is 0.869. The highest BCUT2D eigenvalue weighted by Crippen LogP contribution is 2.30. The van der Waals surface area contributed by atoms with Gasteiger partial charge in [0, 0.05) is 5.02 Å². The number of ether oxygens (including phenoxy) is 1. The molecule has 0 aromatic heterocycles. The van der Waals surface area contributed by atoms with E-state index in [1.165, 1.54) is 30.3 Å². The van der Waals surface area contributed by atoms with Crippen LogP contribution in [0.3, 0.4) is 0 Å². The zero-order valence-electron chi connectivity index (χ0n) is 9.49. The molecule has 0 fully saturated rings. The number of halogens is 3. The lowest BCUT2D eigenvalue weighted by Crippen LogP contribution is -2.11. The summed E-state index contributed by atoms with van der Waals surface area (Å²) in [6.07, 6.45) is 0. The van der Waals surface area contributed by atoms with E-state index in [1.54, 1.807) is 0 Å². The Bertz CT molecular complexity index is 649. The molecule has 2 rings (SSSR count). The van der Waals surface area contributed by atoms with Crippen LogP contribution in [0.2, 0.25) is 5.02 Å². The zero-order valence-corrected chi connectivity index (χ0v) is 11.1. The van der Waals surface area contributed by atoms with Gasteiger partial charge in [-0.1, -0.05) is 29.9 Å². The topological polar surface area (TPSA) is 35.2 Å². The highest BCUT2D eigenvalue weighted by atomic mass is 35.5. The number of hydrogen-bond acceptors (Lipinski definition) is 2. The third kappa shape index (κ3) is 3.00. The first-order valence-electron chi connectivity index (χ1n) is 5.20. The number of benzene rings is 2. The summed E-state index contributed by atoms with van der Waals surface area (Å²) in [7, 11) is 0. The Hall–Kier alpha value is -1.72. The van der Waals surface area contributed by atoms with Crippen molar-refractivity contribution in [3.8, 4) is 11.5 Å². The van der Waals surface area contributed by atoms with Gasteiger partial charge in [-0.15, -0.1) is 0 Å². The molecule has 98 valence electrons. The Kier molecular flexibility index (Phi) is 3.97. The van der Waals surface area contributed by atoms with Crippen LogP contribution >= 0.6 is 23.8 Å². The van der Waals surface area contributed by atoms with Gasteiger partial charge in [-0.25, -0.2) is 4.39 Å². The Labute approximate surface area is 118 Å². The number of thiocarbonyl (C=S) groups is 1. The Balaban J connectivity index is 2.44. The number of hydrogen-bond donors (Lipinski definition) is 1. The van der Waals surface area contributed by atoms with Gasteiger partial charge in [0.2, 0.25) is 5.82 Å². The molecule has 0 amide bonds. The SMILES string of the molecule is NC(=S)c1cc(Cl)ccc1Oc1cccc(F)c1F. The second-order valence-corrected chi connectivity index (χ2v) is 4.54. The predicted octanol–water partition coefficient (Wildman–Crippen LogP) is 4.04. The average Bonchev–Trinajstić information content (AvgIpc) is 2.36. The third-order valence-electron chi connectivity index (χ3n) is 2.34. The molecule has 6 heteroatoms. The van der Waals surface area contributed by atoms with Crippen LogP contribution in [0.1, 0.15) is 5.56 Å². The van der Waals surface area contributed by atoms with Crippen LogP contribution < -0.4 is 10.5 Å². The van der Waals surface area contributed by atoms with Gasteiger partial charge in [0.1, 0.15) is 10.7 Å². The molecule has 0 aliphatic carbocycles.